The molecule has 0 saturated heterocycles. The van der Waals surface area contributed by atoms with Gasteiger partial charge in [-0.15, -0.1) is 5.06 Å². The van der Waals surface area contributed by atoms with Gasteiger partial charge in [0.25, 0.3) is 0 Å². The van der Waals surface area contributed by atoms with Crippen molar-refractivity contribution < 1.29 is 19.5 Å². The summed E-state index contributed by atoms with van der Waals surface area (Å²) in [4.78, 5) is 19.5. The number of carbonyl (C=O) groups is 1. The van der Waals surface area contributed by atoms with Crippen LogP contribution in [-0.4, -0.2) is 36.8 Å². The SMILES string of the molecule is CN(C)OC(=O)c1cc(/C=C2\Oc3ccccc3N2CCc2ccccc2)ccc1O. The summed E-state index contributed by atoms with van der Waals surface area (Å²) in [6, 6.07) is 23.0. The molecule has 3 aromatic rings. The number of nitrogens with zero attached hydrogens (tertiary/aromatic N) is 2. The number of aromatic hydroxyl groups is 1. The molecule has 0 radical (unpaired) electrons. The van der Waals surface area contributed by atoms with Gasteiger partial charge in [-0.25, -0.2) is 4.79 Å². The Morgan fingerprint density at radius 1 is 1.06 bits per heavy atom. The standard InChI is InChI=1S/C25H24N2O4/c1-26(2)31-25(29)20-16-19(12-13-22(20)28)17-24-27(15-14-18-8-4-3-5-9-18)21-10-6-7-11-23(21)30-24/h3-13,16-17,28H,14-15H2,1-2H3/b24-17-. The Kier molecular flexibility index (Phi) is 5.91. The summed E-state index contributed by atoms with van der Waals surface area (Å²) in [6.45, 7) is 0.737. The van der Waals surface area contributed by atoms with E-state index >= 15 is 0 Å². The van der Waals surface area contributed by atoms with E-state index in [0.717, 1.165) is 30.0 Å². The number of anilines is 1. The Hall–Kier alpha value is -3.77. The molecule has 0 saturated carbocycles. The van der Waals surface area contributed by atoms with Gasteiger partial charge in [-0.3, -0.25) is 0 Å². The first-order valence-corrected chi connectivity index (χ1v) is 10.0. The molecule has 0 spiro atoms. The molecule has 1 N–H and O–H groups in total. The number of benzene rings is 3. The van der Waals surface area contributed by atoms with Crippen molar-refractivity contribution in [3.8, 4) is 11.5 Å². The lowest BCUT2D eigenvalue weighted by Gasteiger charge is -2.18. The van der Waals surface area contributed by atoms with Crippen LogP contribution in [-0.2, 0) is 11.3 Å². The summed E-state index contributed by atoms with van der Waals surface area (Å²) >= 11 is 0. The number of hydroxylamine groups is 2. The van der Waals surface area contributed by atoms with Crippen molar-refractivity contribution in [1.82, 2.24) is 5.06 Å². The molecule has 0 aromatic heterocycles. The Bertz CT molecular complexity index is 1110. The highest BCUT2D eigenvalue weighted by molar-refractivity contribution is 5.93. The topological polar surface area (TPSA) is 62.2 Å². The lowest BCUT2D eigenvalue weighted by molar-refractivity contribution is -0.0715. The van der Waals surface area contributed by atoms with E-state index in [-0.39, 0.29) is 11.3 Å². The van der Waals surface area contributed by atoms with Crippen molar-refractivity contribution >= 4 is 17.7 Å². The Morgan fingerprint density at radius 2 is 1.81 bits per heavy atom. The van der Waals surface area contributed by atoms with Crippen LogP contribution in [0.4, 0.5) is 5.69 Å². The van der Waals surface area contributed by atoms with E-state index < -0.39 is 5.97 Å². The molecular formula is C25H24N2O4. The van der Waals surface area contributed by atoms with Crippen LogP contribution < -0.4 is 9.64 Å². The molecule has 4 rings (SSSR count). The Labute approximate surface area is 181 Å². The molecule has 6 heteroatoms. The van der Waals surface area contributed by atoms with E-state index in [1.165, 1.54) is 16.7 Å². The second-order valence-corrected chi connectivity index (χ2v) is 7.41. The number of hydrogen-bond acceptors (Lipinski definition) is 6. The molecule has 3 aromatic carbocycles. The molecule has 1 aliphatic rings. The number of fused-ring (bicyclic) bond motifs is 1. The maximum Gasteiger partial charge on any atom is 0.360 e. The summed E-state index contributed by atoms with van der Waals surface area (Å²) in [7, 11) is 3.21. The van der Waals surface area contributed by atoms with Crippen molar-refractivity contribution in [3.63, 3.8) is 0 Å². The van der Waals surface area contributed by atoms with Gasteiger partial charge in [0.05, 0.1) is 5.69 Å². The monoisotopic (exact) mass is 416 g/mol. The molecule has 158 valence electrons. The van der Waals surface area contributed by atoms with Crippen LogP contribution in [0.25, 0.3) is 6.08 Å². The fourth-order valence-corrected chi connectivity index (χ4v) is 3.44. The fourth-order valence-electron chi connectivity index (χ4n) is 3.44. The molecule has 0 bridgehead atoms. The molecular weight excluding hydrogens is 392 g/mol. The van der Waals surface area contributed by atoms with E-state index in [9.17, 15) is 9.90 Å². The van der Waals surface area contributed by atoms with Gasteiger partial charge in [-0.2, -0.15) is 0 Å². The molecule has 6 nitrogen and oxygen atoms in total. The van der Waals surface area contributed by atoms with Crippen LogP contribution in [0.1, 0.15) is 21.5 Å². The highest BCUT2D eigenvalue weighted by Crippen LogP contribution is 2.39. The zero-order valence-electron chi connectivity index (χ0n) is 17.5. The van der Waals surface area contributed by atoms with Crippen molar-refractivity contribution in [3.05, 3.63) is 95.4 Å². The van der Waals surface area contributed by atoms with Gasteiger partial charge in [0.1, 0.15) is 11.3 Å². The maximum atomic E-state index is 12.3. The van der Waals surface area contributed by atoms with Gasteiger partial charge in [0, 0.05) is 26.7 Å². The predicted octanol–water partition coefficient (Wildman–Crippen LogP) is 4.47. The second-order valence-electron chi connectivity index (χ2n) is 7.41. The molecule has 1 heterocycles. The van der Waals surface area contributed by atoms with Crippen LogP contribution in [0.3, 0.4) is 0 Å². The van der Waals surface area contributed by atoms with Crippen molar-refractivity contribution in [2.24, 2.45) is 0 Å². The third-order valence-electron chi connectivity index (χ3n) is 4.90. The minimum absolute atomic E-state index is 0.0920. The van der Waals surface area contributed by atoms with E-state index in [1.807, 2.05) is 48.5 Å². The number of hydrogen-bond donors (Lipinski definition) is 1. The van der Waals surface area contributed by atoms with Gasteiger partial charge in [-0.05, 0) is 41.8 Å². The number of phenols is 1. The van der Waals surface area contributed by atoms with E-state index in [4.69, 9.17) is 9.57 Å². The first-order valence-electron chi connectivity index (χ1n) is 10.0. The molecule has 0 aliphatic carbocycles. The van der Waals surface area contributed by atoms with Crippen LogP contribution in [0.5, 0.6) is 11.5 Å². The van der Waals surface area contributed by atoms with E-state index in [2.05, 4.69) is 17.0 Å². The highest BCUT2D eigenvalue weighted by atomic mass is 16.7. The summed E-state index contributed by atoms with van der Waals surface area (Å²) in [5.41, 5.74) is 3.05. The van der Waals surface area contributed by atoms with Crippen LogP contribution in [0.2, 0.25) is 0 Å². The summed E-state index contributed by atoms with van der Waals surface area (Å²) in [5, 5.41) is 11.4. The summed E-state index contributed by atoms with van der Waals surface area (Å²) < 4.78 is 6.11. The average Bonchev–Trinajstić information content (AvgIpc) is 3.10. The van der Waals surface area contributed by atoms with Crippen LogP contribution >= 0.6 is 0 Å². The smallest absolute Gasteiger partial charge is 0.360 e. The summed E-state index contributed by atoms with van der Waals surface area (Å²) in [6.07, 6.45) is 2.71. The first-order chi connectivity index (χ1) is 15.0. The molecule has 1 aliphatic heterocycles. The molecule has 0 atom stereocenters. The van der Waals surface area contributed by atoms with Crippen molar-refractivity contribution in [1.29, 1.82) is 0 Å². The Balaban J connectivity index is 1.63. The largest absolute Gasteiger partial charge is 0.507 e. The Morgan fingerprint density at radius 3 is 2.58 bits per heavy atom. The van der Waals surface area contributed by atoms with Gasteiger partial charge >= 0.3 is 5.97 Å². The van der Waals surface area contributed by atoms with Gasteiger partial charge in [-0.1, -0.05) is 48.5 Å². The number of para-hydroxylation sites is 2. The third kappa shape index (κ3) is 4.70. The van der Waals surface area contributed by atoms with E-state index in [0.29, 0.717) is 5.88 Å². The zero-order chi connectivity index (χ0) is 21.8. The quantitative estimate of drug-likeness (QED) is 0.599. The van der Waals surface area contributed by atoms with Gasteiger partial charge < -0.3 is 19.6 Å². The fraction of sp³-hybridized carbons (Fsp3) is 0.160. The zero-order valence-corrected chi connectivity index (χ0v) is 17.5. The first kappa shape index (κ1) is 20.5. The van der Waals surface area contributed by atoms with E-state index in [1.54, 1.807) is 26.2 Å². The molecule has 0 fully saturated rings. The number of carbonyl (C=O) groups excluding carboxylic acids is 1. The minimum atomic E-state index is -0.626. The minimum Gasteiger partial charge on any atom is -0.507 e. The van der Waals surface area contributed by atoms with Gasteiger partial charge in [0.15, 0.2) is 5.75 Å². The normalized spacial score (nSPS) is 13.9. The second kappa shape index (κ2) is 8.93. The highest BCUT2D eigenvalue weighted by Gasteiger charge is 2.26. The van der Waals surface area contributed by atoms with Gasteiger partial charge in [0.2, 0.25) is 5.88 Å². The molecule has 0 amide bonds. The van der Waals surface area contributed by atoms with Crippen molar-refractivity contribution in [2.75, 3.05) is 25.5 Å². The maximum absolute atomic E-state index is 12.3. The van der Waals surface area contributed by atoms with Crippen LogP contribution in [0, 0.1) is 0 Å². The predicted molar refractivity (Wildman–Crippen MR) is 120 cm³/mol. The molecule has 0 unspecified atom stereocenters. The number of ether oxygens (including phenoxy) is 1. The lowest BCUT2D eigenvalue weighted by Crippen LogP contribution is -2.23. The number of phenolic OH excluding ortho intramolecular Hbond substituents is 1. The summed E-state index contributed by atoms with van der Waals surface area (Å²) in [5.74, 6) is 0.687. The third-order valence-corrected chi connectivity index (χ3v) is 4.90. The number of rotatable bonds is 6. The average molecular weight is 416 g/mol. The van der Waals surface area contributed by atoms with Crippen LogP contribution in [0.15, 0.2) is 78.7 Å². The lowest BCUT2D eigenvalue weighted by atomic mass is 10.1. The van der Waals surface area contributed by atoms with Crippen molar-refractivity contribution in [2.45, 2.75) is 6.42 Å². The molecule has 31 heavy (non-hydrogen) atoms.